The molecule has 1 heterocycles. The Balaban J connectivity index is 2.85. The molecule has 0 saturated carbocycles. The molecule has 2 aromatic rings. The number of rotatable bonds is 3. The fourth-order valence-corrected chi connectivity index (χ4v) is 2.07. The monoisotopic (exact) mass is 334 g/mol. The predicted molar refractivity (Wildman–Crippen MR) is 81.1 cm³/mol. The summed E-state index contributed by atoms with van der Waals surface area (Å²) in [5.74, 6) is -2.45. The third kappa shape index (κ3) is 3.43. The maximum absolute atomic E-state index is 12.7. The average Bonchev–Trinajstić information content (AvgIpc) is 2.44. The molecule has 0 spiro atoms. The molecule has 0 N–H and O–H groups in total. The Morgan fingerprint density at radius 3 is 1.92 bits per heavy atom. The summed E-state index contributed by atoms with van der Waals surface area (Å²) in [6.45, 7) is 4.89. The van der Waals surface area contributed by atoms with Crippen LogP contribution >= 0.6 is 0 Å². The van der Waals surface area contributed by atoms with E-state index in [9.17, 15) is 19.2 Å². The van der Waals surface area contributed by atoms with Gasteiger partial charge in [0, 0.05) is 20.8 Å². The maximum atomic E-state index is 12.7. The zero-order valence-corrected chi connectivity index (χ0v) is 13.4. The quantitative estimate of drug-likeness (QED) is 0.618. The minimum atomic E-state index is -0.728. The number of esters is 3. The van der Waals surface area contributed by atoms with E-state index in [1.807, 2.05) is 0 Å². The van der Waals surface area contributed by atoms with Crippen molar-refractivity contribution in [3.8, 4) is 17.2 Å². The van der Waals surface area contributed by atoms with Crippen molar-refractivity contribution in [1.82, 2.24) is 0 Å². The number of benzene rings is 1. The van der Waals surface area contributed by atoms with E-state index in [-0.39, 0.29) is 34.0 Å². The molecule has 0 aliphatic rings. The van der Waals surface area contributed by atoms with Crippen LogP contribution < -0.4 is 19.6 Å². The molecule has 0 aliphatic heterocycles. The molecule has 24 heavy (non-hydrogen) atoms. The molecule has 2 rings (SSSR count). The highest BCUT2D eigenvalue weighted by Gasteiger charge is 2.22. The first-order valence-corrected chi connectivity index (χ1v) is 6.86. The van der Waals surface area contributed by atoms with Crippen LogP contribution in [0.3, 0.4) is 0 Å². The van der Waals surface area contributed by atoms with Crippen LogP contribution in [0, 0.1) is 6.92 Å². The highest BCUT2D eigenvalue weighted by Crippen LogP contribution is 2.34. The van der Waals surface area contributed by atoms with Crippen LogP contribution in [0.4, 0.5) is 0 Å². The Morgan fingerprint density at radius 2 is 1.38 bits per heavy atom. The lowest BCUT2D eigenvalue weighted by molar-refractivity contribution is -0.133. The van der Waals surface area contributed by atoms with Crippen molar-refractivity contribution in [3.63, 3.8) is 0 Å². The topological polar surface area (TPSA) is 109 Å². The van der Waals surface area contributed by atoms with E-state index < -0.39 is 23.3 Å². The van der Waals surface area contributed by atoms with Crippen molar-refractivity contribution in [3.05, 3.63) is 28.1 Å². The highest BCUT2D eigenvalue weighted by atomic mass is 16.6. The molecule has 8 heteroatoms. The van der Waals surface area contributed by atoms with E-state index in [0.29, 0.717) is 0 Å². The molecule has 0 bridgehead atoms. The fourth-order valence-electron chi connectivity index (χ4n) is 2.07. The number of hydrogen-bond donors (Lipinski definition) is 0. The molecule has 1 aromatic carbocycles. The van der Waals surface area contributed by atoms with Gasteiger partial charge in [0.2, 0.25) is 11.2 Å². The molecular formula is C16H14O8. The second-order valence-corrected chi connectivity index (χ2v) is 4.86. The smallest absolute Gasteiger partial charge is 0.308 e. The van der Waals surface area contributed by atoms with Crippen molar-refractivity contribution in [2.45, 2.75) is 27.7 Å². The molecule has 8 nitrogen and oxygen atoms in total. The normalized spacial score (nSPS) is 10.3. The van der Waals surface area contributed by atoms with Crippen LogP contribution in [0.2, 0.25) is 0 Å². The van der Waals surface area contributed by atoms with Gasteiger partial charge in [-0.3, -0.25) is 19.2 Å². The molecule has 0 radical (unpaired) electrons. The van der Waals surface area contributed by atoms with Crippen LogP contribution in [-0.2, 0) is 14.4 Å². The number of aryl methyl sites for hydroxylation is 1. The summed E-state index contributed by atoms with van der Waals surface area (Å²) in [4.78, 5) is 46.3. The van der Waals surface area contributed by atoms with Gasteiger partial charge in [-0.1, -0.05) is 0 Å². The average molecular weight is 334 g/mol. The van der Waals surface area contributed by atoms with Crippen LogP contribution in [0.25, 0.3) is 11.0 Å². The van der Waals surface area contributed by atoms with Crippen LogP contribution in [0.5, 0.6) is 17.2 Å². The van der Waals surface area contributed by atoms with Crippen LogP contribution in [0.1, 0.15) is 26.5 Å². The van der Waals surface area contributed by atoms with Gasteiger partial charge in [0.05, 0.1) is 0 Å². The summed E-state index contributed by atoms with van der Waals surface area (Å²) in [5.41, 5.74) is -0.823. The van der Waals surface area contributed by atoms with Crippen LogP contribution in [-0.4, -0.2) is 17.9 Å². The maximum Gasteiger partial charge on any atom is 0.308 e. The van der Waals surface area contributed by atoms with Gasteiger partial charge in [0.25, 0.3) is 0 Å². The number of hydrogen-bond acceptors (Lipinski definition) is 8. The molecular weight excluding hydrogens is 320 g/mol. The second-order valence-electron chi connectivity index (χ2n) is 4.86. The number of ether oxygens (including phenoxy) is 3. The van der Waals surface area contributed by atoms with Gasteiger partial charge in [-0.25, -0.2) is 0 Å². The lowest BCUT2D eigenvalue weighted by Crippen LogP contribution is -2.15. The van der Waals surface area contributed by atoms with Gasteiger partial charge < -0.3 is 18.6 Å². The fraction of sp³-hybridized carbons (Fsp3) is 0.250. The van der Waals surface area contributed by atoms with E-state index in [2.05, 4.69) is 0 Å². The van der Waals surface area contributed by atoms with Crippen LogP contribution in [0.15, 0.2) is 21.3 Å². The van der Waals surface area contributed by atoms with E-state index >= 15 is 0 Å². The molecule has 0 atom stereocenters. The standard InChI is InChI=1S/C16H14O8/c1-7-15(24-10(4)19)14(20)13-11(22-8(2)17)5-6-12(16(13)21-7)23-9(3)18/h5-6H,1-4H3. The number of carbonyl (C=O) groups is 3. The van der Waals surface area contributed by atoms with Crippen molar-refractivity contribution < 1.29 is 33.0 Å². The van der Waals surface area contributed by atoms with Crippen molar-refractivity contribution >= 4 is 28.9 Å². The first-order chi connectivity index (χ1) is 11.2. The molecule has 0 fully saturated rings. The Bertz CT molecular complexity index is 906. The van der Waals surface area contributed by atoms with Crippen molar-refractivity contribution in [2.24, 2.45) is 0 Å². The van der Waals surface area contributed by atoms with Gasteiger partial charge in [-0.05, 0) is 19.1 Å². The molecule has 0 unspecified atom stereocenters. The molecule has 0 amide bonds. The van der Waals surface area contributed by atoms with Gasteiger partial charge in [-0.15, -0.1) is 0 Å². The Hall–Kier alpha value is -3.16. The Labute approximate surface area is 135 Å². The number of carbonyl (C=O) groups excluding carboxylic acids is 3. The van der Waals surface area contributed by atoms with Gasteiger partial charge in [0.1, 0.15) is 16.9 Å². The Kier molecular flexibility index (Phi) is 4.68. The Morgan fingerprint density at radius 1 is 0.875 bits per heavy atom. The third-order valence-corrected chi connectivity index (χ3v) is 2.84. The summed E-state index contributed by atoms with van der Waals surface area (Å²) in [6, 6.07) is 2.61. The summed E-state index contributed by atoms with van der Waals surface area (Å²) in [5, 5.41) is -0.175. The summed E-state index contributed by atoms with van der Waals surface area (Å²) >= 11 is 0. The van der Waals surface area contributed by atoms with Gasteiger partial charge in [-0.2, -0.15) is 0 Å². The van der Waals surface area contributed by atoms with Gasteiger partial charge in [0.15, 0.2) is 11.3 Å². The molecule has 1 aromatic heterocycles. The molecule has 0 saturated heterocycles. The minimum Gasteiger partial charge on any atom is -0.453 e. The van der Waals surface area contributed by atoms with Crippen molar-refractivity contribution in [2.75, 3.05) is 0 Å². The predicted octanol–water partition coefficient (Wildman–Crippen LogP) is 1.88. The van der Waals surface area contributed by atoms with Gasteiger partial charge >= 0.3 is 17.9 Å². The molecule has 0 aliphatic carbocycles. The third-order valence-electron chi connectivity index (χ3n) is 2.84. The summed E-state index contributed by atoms with van der Waals surface area (Å²) in [7, 11) is 0. The van der Waals surface area contributed by atoms with Crippen molar-refractivity contribution in [1.29, 1.82) is 0 Å². The molecule has 126 valence electrons. The SMILES string of the molecule is CC(=O)Oc1c(C)oc2c(OC(C)=O)ccc(OC(C)=O)c2c1=O. The van der Waals surface area contributed by atoms with E-state index in [1.54, 1.807) is 0 Å². The second kappa shape index (κ2) is 6.53. The lowest BCUT2D eigenvalue weighted by atomic mass is 10.1. The van der Waals surface area contributed by atoms with E-state index in [0.717, 1.165) is 13.8 Å². The van der Waals surface area contributed by atoms with E-state index in [4.69, 9.17) is 18.6 Å². The summed E-state index contributed by atoms with van der Waals surface area (Å²) < 4.78 is 20.3. The van der Waals surface area contributed by atoms with E-state index in [1.165, 1.54) is 26.0 Å². The zero-order chi connectivity index (χ0) is 18.0. The first kappa shape index (κ1) is 17.2. The lowest BCUT2D eigenvalue weighted by Gasteiger charge is -2.11. The zero-order valence-electron chi connectivity index (χ0n) is 13.4. The highest BCUT2D eigenvalue weighted by molar-refractivity contribution is 5.92. The summed E-state index contributed by atoms with van der Waals surface area (Å²) in [6.07, 6.45) is 0. The largest absolute Gasteiger partial charge is 0.453 e. The first-order valence-electron chi connectivity index (χ1n) is 6.86. The number of fused-ring (bicyclic) bond motifs is 1. The minimum absolute atomic E-state index is 0.0103.